The van der Waals surface area contributed by atoms with Crippen LogP contribution in [0.2, 0.25) is 0 Å². The average molecular weight is 345 g/mol. The molecule has 0 bridgehead atoms. The highest BCUT2D eigenvalue weighted by Gasteiger charge is 2.28. The molecule has 0 fully saturated rings. The third-order valence-corrected chi connectivity index (χ3v) is 4.43. The first kappa shape index (κ1) is 16.7. The number of hydrogen-bond donors (Lipinski definition) is 0. The summed E-state index contributed by atoms with van der Waals surface area (Å²) in [6.45, 7) is 0. The van der Waals surface area contributed by atoms with Gasteiger partial charge in [0.05, 0.1) is 4.92 Å². The van der Waals surface area contributed by atoms with Gasteiger partial charge in [0.1, 0.15) is 0 Å². The average Bonchev–Trinajstić information content (AvgIpc) is 2.45. The summed E-state index contributed by atoms with van der Waals surface area (Å²) >= 11 is 1.32. The summed E-state index contributed by atoms with van der Waals surface area (Å²) in [5.74, 6) is 0.578. The highest BCUT2D eigenvalue weighted by Crippen LogP contribution is 2.37. The third-order valence-electron chi connectivity index (χ3n) is 2.61. The Morgan fingerprint density at radius 2 is 1.50 bits per heavy atom. The van der Waals surface area contributed by atoms with Gasteiger partial charge in [-0.25, -0.2) is 0 Å². The maximum atomic E-state index is 12.2. The maximum Gasteiger partial charge on any atom is 0.446 e. The lowest BCUT2D eigenvalue weighted by atomic mass is 10.2. The number of non-ortho nitro benzene ring substituents is 1. The Morgan fingerprint density at radius 1 is 0.955 bits per heavy atom. The van der Waals surface area contributed by atoms with E-state index in [0.717, 1.165) is 10.5 Å². The van der Waals surface area contributed by atoms with Gasteiger partial charge in [-0.2, -0.15) is 13.2 Å². The Bertz CT molecular complexity index is 643. The number of nitro groups is 1. The largest absolute Gasteiger partial charge is 0.446 e. The minimum Gasteiger partial charge on any atom is -0.258 e. The quantitative estimate of drug-likeness (QED) is 0.408. The fraction of sp³-hybridized carbons (Fsp3) is 0.143. The molecule has 0 unspecified atom stereocenters. The van der Waals surface area contributed by atoms with E-state index in [2.05, 4.69) is 0 Å². The topological polar surface area (TPSA) is 43.1 Å². The summed E-state index contributed by atoms with van der Waals surface area (Å²) in [5, 5.41) is 10.5. The van der Waals surface area contributed by atoms with Crippen LogP contribution in [0, 0.1) is 10.1 Å². The summed E-state index contributed by atoms with van der Waals surface area (Å²) in [5.41, 5.74) is -3.37. The first-order valence-electron chi connectivity index (χ1n) is 6.05. The Morgan fingerprint density at radius 3 is 2.00 bits per heavy atom. The van der Waals surface area contributed by atoms with Crippen molar-refractivity contribution in [2.45, 2.75) is 21.1 Å². The molecule has 2 rings (SSSR count). The van der Waals surface area contributed by atoms with E-state index in [1.807, 2.05) is 0 Å². The van der Waals surface area contributed by atoms with Gasteiger partial charge in [-0.1, -0.05) is 12.1 Å². The van der Waals surface area contributed by atoms with Crippen molar-refractivity contribution in [1.82, 2.24) is 0 Å². The van der Waals surface area contributed by atoms with Crippen LogP contribution in [0.15, 0.2) is 58.3 Å². The molecule has 0 aliphatic heterocycles. The first-order chi connectivity index (χ1) is 10.3. The molecule has 0 atom stereocenters. The van der Waals surface area contributed by atoms with Crippen molar-refractivity contribution >= 4 is 29.2 Å². The van der Waals surface area contributed by atoms with Crippen LogP contribution >= 0.6 is 23.5 Å². The van der Waals surface area contributed by atoms with Crippen LogP contribution in [0.4, 0.5) is 18.9 Å². The SMILES string of the molecule is O=[N+]([O-])c1ccc(SCc2ccc(SC(F)(F)F)cc2)cc1. The van der Waals surface area contributed by atoms with Crippen LogP contribution in [-0.2, 0) is 5.75 Å². The normalized spacial score (nSPS) is 11.4. The number of hydrogen-bond acceptors (Lipinski definition) is 4. The molecule has 22 heavy (non-hydrogen) atoms. The minimum atomic E-state index is -4.28. The van der Waals surface area contributed by atoms with E-state index >= 15 is 0 Å². The van der Waals surface area contributed by atoms with E-state index in [1.165, 1.54) is 36.0 Å². The van der Waals surface area contributed by atoms with Crippen LogP contribution in [-0.4, -0.2) is 10.4 Å². The van der Waals surface area contributed by atoms with Gasteiger partial charge in [0.25, 0.3) is 5.69 Å². The number of alkyl halides is 3. The second kappa shape index (κ2) is 7.06. The third kappa shape index (κ3) is 5.27. The van der Waals surface area contributed by atoms with E-state index in [9.17, 15) is 23.3 Å². The monoisotopic (exact) mass is 345 g/mol. The second-order valence-corrected chi connectivity index (χ2v) is 6.42. The van der Waals surface area contributed by atoms with E-state index in [4.69, 9.17) is 0 Å². The molecule has 2 aromatic rings. The van der Waals surface area contributed by atoms with Crippen LogP contribution in [0.5, 0.6) is 0 Å². The van der Waals surface area contributed by atoms with Crippen molar-refractivity contribution in [2.24, 2.45) is 0 Å². The van der Waals surface area contributed by atoms with E-state index in [-0.39, 0.29) is 22.3 Å². The zero-order chi connectivity index (χ0) is 16.2. The fourth-order valence-electron chi connectivity index (χ4n) is 1.62. The maximum absolute atomic E-state index is 12.2. The standard InChI is InChI=1S/C14H10F3NO2S2/c15-14(16,17)22-13-5-1-10(2-6-13)9-21-12-7-3-11(4-8-12)18(19)20/h1-8H,9H2. The number of benzene rings is 2. The van der Waals surface area contributed by atoms with Crippen LogP contribution < -0.4 is 0 Å². The van der Waals surface area contributed by atoms with Gasteiger partial charge in [-0.3, -0.25) is 10.1 Å². The molecule has 0 amide bonds. The predicted molar refractivity (Wildman–Crippen MR) is 81.0 cm³/mol. The summed E-state index contributed by atoms with van der Waals surface area (Å²) in [6.07, 6.45) is 0. The van der Waals surface area contributed by atoms with Crippen molar-refractivity contribution in [1.29, 1.82) is 0 Å². The number of nitrogens with zero attached hydrogens (tertiary/aromatic N) is 1. The lowest BCUT2D eigenvalue weighted by molar-refractivity contribution is -0.384. The van der Waals surface area contributed by atoms with Gasteiger partial charge in [0.2, 0.25) is 0 Å². The molecule has 0 aliphatic rings. The van der Waals surface area contributed by atoms with Crippen molar-refractivity contribution in [3.63, 3.8) is 0 Å². The smallest absolute Gasteiger partial charge is 0.258 e. The molecular weight excluding hydrogens is 335 g/mol. The van der Waals surface area contributed by atoms with Crippen LogP contribution in [0.3, 0.4) is 0 Å². The molecule has 0 saturated carbocycles. The van der Waals surface area contributed by atoms with Gasteiger partial charge in [-0.15, -0.1) is 11.8 Å². The van der Waals surface area contributed by atoms with Crippen LogP contribution in [0.25, 0.3) is 0 Å². The van der Waals surface area contributed by atoms with Gasteiger partial charge in [-0.05, 0) is 41.6 Å². The minimum absolute atomic E-state index is 0.0258. The molecule has 0 aromatic heterocycles. The molecule has 0 spiro atoms. The summed E-state index contributed by atoms with van der Waals surface area (Å²) < 4.78 is 36.6. The van der Waals surface area contributed by atoms with Crippen molar-refractivity contribution in [3.8, 4) is 0 Å². The Balaban J connectivity index is 1.92. The molecular formula is C14H10F3NO2S2. The summed E-state index contributed by atoms with van der Waals surface area (Å²) in [6, 6.07) is 12.3. The molecule has 8 heteroatoms. The highest BCUT2D eigenvalue weighted by atomic mass is 32.2. The van der Waals surface area contributed by atoms with Gasteiger partial charge in [0, 0.05) is 27.7 Å². The number of halogens is 3. The molecule has 0 N–H and O–H groups in total. The van der Waals surface area contributed by atoms with Crippen LogP contribution in [0.1, 0.15) is 5.56 Å². The molecule has 116 valence electrons. The molecule has 0 saturated heterocycles. The van der Waals surface area contributed by atoms with E-state index in [1.54, 1.807) is 24.3 Å². The zero-order valence-electron chi connectivity index (χ0n) is 11.0. The van der Waals surface area contributed by atoms with E-state index in [0.29, 0.717) is 5.75 Å². The molecule has 2 aromatic carbocycles. The van der Waals surface area contributed by atoms with Crippen molar-refractivity contribution in [3.05, 3.63) is 64.2 Å². The Labute approximate surface area is 133 Å². The lowest BCUT2D eigenvalue weighted by Gasteiger charge is -2.06. The summed E-state index contributed by atoms with van der Waals surface area (Å²) in [7, 11) is 0. The second-order valence-electron chi connectivity index (χ2n) is 4.23. The predicted octanol–water partition coefficient (Wildman–Crippen LogP) is 5.50. The molecule has 0 heterocycles. The van der Waals surface area contributed by atoms with E-state index < -0.39 is 10.4 Å². The number of rotatable bonds is 5. The fourth-order valence-corrected chi connectivity index (χ4v) is 3.01. The molecule has 0 radical (unpaired) electrons. The van der Waals surface area contributed by atoms with Crippen molar-refractivity contribution < 1.29 is 18.1 Å². The van der Waals surface area contributed by atoms with Gasteiger partial charge in [0.15, 0.2) is 0 Å². The van der Waals surface area contributed by atoms with Gasteiger partial charge < -0.3 is 0 Å². The number of thioether (sulfide) groups is 2. The van der Waals surface area contributed by atoms with Crippen molar-refractivity contribution in [2.75, 3.05) is 0 Å². The molecule has 3 nitrogen and oxygen atoms in total. The zero-order valence-corrected chi connectivity index (χ0v) is 12.7. The first-order valence-corrected chi connectivity index (χ1v) is 7.86. The Kier molecular flexibility index (Phi) is 5.36. The summed E-state index contributed by atoms with van der Waals surface area (Å²) in [4.78, 5) is 11.1. The Hall–Kier alpha value is -1.67. The lowest BCUT2D eigenvalue weighted by Crippen LogP contribution is -1.98. The molecule has 0 aliphatic carbocycles. The van der Waals surface area contributed by atoms with Gasteiger partial charge >= 0.3 is 5.51 Å². The highest BCUT2D eigenvalue weighted by molar-refractivity contribution is 8.00. The number of nitro benzene ring substituents is 1.